The molecule has 0 saturated heterocycles. The van der Waals surface area contributed by atoms with Crippen molar-refractivity contribution in [2.24, 2.45) is 0 Å². The van der Waals surface area contributed by atoms with Crippen LogP contribution in [0.5, 0.6) is 0 Å². The number of hydrogen-bond donors (Lipinski definition) is 0. The number of anilines is 3. The van der Waals surface area contributed by atoms with E-state index >= 15 is 0 Å². The minimum absolute atomic E-state index is 0.857. The number of benzene rings is 8. The van der Waals surface area contributed by atoms with Gasteiger partial charge in [-0.15, -0.1) is 0 Å². The van der Waals surface area contributed by atoms with E-state index in [-0.39, 0.29) is 0 Å². The third kappa shape index (κ3) is 4.74. The first-order valence-electron chi connectivity index (χ1n) is 17.4. The van der Waals surface area contributed by atoms with Gasteiger partial charge in [-0.1, -0.05) is 140 Å². The summed E-state index contributed by atoms with van der Waals surface area (Å²) in [7, 11) is 0. The minimum atomic E-state index is 0.857. The molecular formula is C48H32N2O. The summed E-state index contributed by atoms with van der Waals surface area (Å²) in [5.74, 6) is 0. The molecule has 0 fully saturated rings. The molecule has 0 saturated carbocycles. The average molecular weight is 653 g/mol. The molecule has 0 atom stereocenters. The van der Waals surface area contributed by atoms with E-state index in [9.17, 15) is 0 Å². The predicted molar refractivity (Wildman–Crippen MR) is 214 cm³/mol. The zero-order chi connectivity index (χ0) is 33.7. The van der Waals surface area contributed by atoms with Gasteiger partial charge in [-0.05, 0) is 76.9 Å². The average Bonchev–Trinajstić information content (AvgIpc) is 3.76. The number of hydrogen-bond acceptors (Lipinski definition) is 2. The molecule has 3 nitrogen and oxygen atoms in total. The topological polar surface area (TPSA) is 21.3 Å². The van der Waals surface area contributed by atoms with Gasteiger partial charge in [-0.25, -0.2) is 0 Å². The fourth-order valence-electron chi connectivity index (χ4n) is 7.76. The highest BCUT2D eigenvalue weighted by Gasteiger charge is 2.25. The molecule has 10 aromatic rings. The Kier molecular flexibility index (Phi) is 6.81. The first kappa shape index (κ1) is 29.1. The summed E-state index contributed by atoms with van der Waals surface area (Å²) in [5.41, 5.74) is 13.0. The standard InChI is InChI=1S/C48H32N2O/c1-4-16-33(17-5-1)37-31-30-36(32-41(37)34-18-6-2-7-19-34)50(45-28-14-24-39-38-22-11-13-29-46(38)51-48(39)45)44-27-15-26-43-47(44)40-23-10-12-25-42(40)49(43)35-20-8-3-9-21-35/h1-32H. The van der Waals surface area contributed by atoms with Crippen molar-refractivity contribution >= 4 is 60.8 Å². The molecule has 0 radical (unpaired) electrons. The van der Waals surface area contributed by atoms with Crippen LogP contribution in [0.25, 0.3) is 71.7 Å². The fourth-order valence-corrected chi connectivity index (χ4v) is 7.76. The maximum absolute atomic E-state index is 6.74. The smallest absolute Gasteiger partial charge is 0.159 e. The highest BCUT2D eigenvalue weighted by molar-refractivity contribution is 6.18. The van der Waals surface area contributed by atoms with Crippen LogP contribution in [0.4, 0.5) is 17.1 Å². The Morgan fingerprint density at radius 1 is 0.412 bits per heavy atom. The minimum Gasteiger partial charge on any atom is -0.454 e. The zero-order valence-corrected chi connectivity index (χ0v) is 27.8. The lowest BCUT2D eigenvalue weighted by Gasteiger charge is -2.28. The summed E-state index contributed by atoms with van der Waals surface area (Å²) in [6.07, 6.45) is 0. The van der Waals surface area contributed by atoms with Crippen molar-refractivity contribution in [2.45, 2.75) is 0 Å². The molecule has 240 valence electrons. The van der Waals surface area contributed by atoms with Gasteiger partial charge in [0.1, 0.15) is 5.58 Å². The molecule has 3 heteroatoms. The van der Waals surface area contributed by atoms with Gasteiger partial charge in [0, 0.05) is 32.9 Å². The van der Waals surface area contributed by atoms with Crippen LogP contribution in [0.15, 0.2) is 199 Å². The Labute approximate surface area is 295 Å². The van der Waals surface area contributed by atoms with E-state index in [4.69, 9.17) is 4.42 Å². The molecule has 0 spiro atoms. The molecule has 51 heavy (non-hydrogen) atoms. The van der Waals surface area contributed by atoms with Crippen molar-refractivity contribution in [1.82, 2.24) is 4.57 Å². The van der Waals surface area contributed by atoms with E-state index in [0.29, 0.717) is 0 Å². The van der Waals surface area contributed by atoms with Crippen molar-refractivity contribution < 1.29 is 4.42 Å². The Bertz CT molecular complexity index is 2850. The molecule has 2 aromatic heterocycles. The highest BCUT2D eigenvalue weighted by Crippen LogP contribution is 2.48. The van der Waals surface area contributed by atoms with Crippen LogP contribution in [-0.4, -0.2) is 4.57 Å². The van der Waals surface area contributed by atoms with Crippen molar-refractivity contribution in [3.8, 4) is 27.9 Å². The molecule has 0 aliphatic rings. The second-order valence-corrected chi connectivity index (χ2v) is 12.9. The number of aromatic nitrogens is 1. The lowest BCUT2D eigenvalue weighted by Crippen LogP contribution is -2.11. The Hall–Kier alpha value is -6.84. The lowest BCUT2D eigenvalue weighted by atomic mass is 9.93. The lowest BCUT2D eigenvalue weighted by molar-refractivity contribution is 0.669. The van der Waals surface area contributed by atoms with Gasteiger partial charge in [0.05, 0.1) is 22.4 Å². The quantitative estimate of drug-likeness (QED) is 0.178. The molecule has 0 unspecified atom stereocenters. The number of para-hydroxylation sites is 4. The molecule has 2 heterocycles. The van der Waals surface area contributed by atoms with Crippen LogP contribution in [0.2, 0.25) is 0 Å². The maximum atomic E-state index is 6.74. The van der Waals surface area contributed by atoms with E-state index in [0.717, 1.165) is 55.7 Å². The van der Waals surface area contributed by atoms with Gasteiger partial charge >= 0.3 is 0 Å². The van der Waals surface area contributed by atoms with Crippen LogP contribution < -0.4 is 4.90 Å². The summed E-state index contributed by atoms with van der Waals surface area (Å²) < 4.78 is 9.12. The Balaban J connectivity index is 1.31. The Morgan fingerprint density at radius 2 is 1.00 bits per heavy atom. The van der Waals surface area contributed by atoms with E-state index in [1.165, 1.54) is 33.0 Å². The largest absolute Gasteiger partial charge is 0.454 e. The van der Waals surface area contributed by atoms with Gasteiger partial charge < -0.3 is 13.9 Å². The second-order valence-electron chi connectivity index (χ2n) is 12.9. The van der Waals surface area contributed by atoms with Gasteiger partial charge in [0.25, 0.3) is 0 Å². The van der Waals surface area contributed by atoms with E-state index in [2.05, 4.69) is 198 Å². The summed E-state index contributed by atoms with van der Waals surface area (Å²) in [4.78, 5) is 2.40. The van der Waals surface area contributed by atoms with Gasteiger partial charge in [0.2, 0.25) is 0 Å². The van der Waals surface area contributed by atoms with E-state index in [1.807, 2.05) is 6.07 Å². The molecule has 0 bridgehead atoms. The summed E-state index contributed by atoms with van der Waals surface area (Å²) in [5, 5.41) is 4.57. The zero-order valence-electron chi connectivity index (χ0n) is 27.8. The highest BCUT2D eigenvalue weighted by atomic mass is 16.3. The number of fused-ring (bicyclic) bond motifs is 6. The maximum Gasteiger partial charge on any atom is 0.159 e. The summed E-state index contributed by atoms with van der Waals surface area (Å²) in [6, 6.07) is 69.1. The number of furan rings is 1. The molecule has 8 aromatic carbocycles. The molecule has 10 rings (SSSR count). The molecule has 0 aliphatic heterocycles. The van der Waals surface area contributed by atoms with Crippen LogP contribution in [0.3, 0.4) is 0 Å². The summed E-state index contributed by atoms with van der Waals surface area (Å²) >= 11 is 0. The van der Waals surface area contributed by atoms with E-state index in [1.54, 1.807) is 0 Å². The van der Waals surface area contributed by atoms with Crippen molar-refractivity contribution in [3.05, 3.63) is 194 Å². The van der Waals surface area contributed by atoms with Crippen LogP contribution in [0, 0.1) is 0 Å². The molecule has 0 amide bonds. The van der Waals surface area contributed by atoms with Gasteiger partial charge in [-0.3, -0.25) is 0 Å². The fraction of sp³-hybridized carbons (Fsp3) is 0. The SMILES string of the molecule is c1ccc(-c2ccc(N(c3cccc4c3oc3ccccc34)c3cccc4c3c3ccccc3n4-c3ccccc3)cc2-c2ccccc2)cc1. The monoisotopic (exact) mass is 652 g/mol. The van der Waals surface area contributed by atoms with Crippen molar-refractivity contribution in [1.29, 1.82) is 0 Å². The van der Waals surface area contributed by atoms with Crippen LogP contribution in [0.1, 0.15) is 0 Å². The van der Waals surface area contributed by atoms with Crippen LogP contribution in [-0.2, 0) is 0 Å². The number of nitrogens with zero attached hydrogens (tertiary/aromatic N) is 2. The molecule has 0 aliphatic carbocycles. The normalized spacial score (nSPS) is 11.5. The third-order valence-corrected chi connectivity index (χ3v) is 9.99. The van der Waals surface area contributed by atoms with Gasteiger partial charge in [-0.2, -0.15) is 0 Å². The second kappa shape index (κ2) is 11.9. The van der Waals surface area contributed by atoms with Gasteiger partial charge in [0.15, 0.2) is 5.58 Å². The van der Waals surface area contributed by atoms with Crippen molar-refractivity contribution in [3.63, 3.8) is 0 Å². The van der Waals surface area contributed by atoms with E-state index < -0.39 is 0 Å². The first-order chi connectivity index (χ1) is 25.3. The number of rotatable bonds is 6. The third-order valence-electron chi connectivity index (χ3n) is 9.99. The predicted octanol–water partition coefficient (Wildman–Crippen LogP) is 13.5. The molecule has 0 N–H and O–H groups in total. The Morgan fingerprint density at radius 3 is 1.78 bits per heavy atom. The molecular weight excluding hydrogens is 621 g/mol. The first-order valence-corrected chi connectivity index (χ1v) is 17.4. The van der Waals surface area contributed by atoms with Crippen molar-refractivity contribution in [2.75, 3.05) is 4.90 Å². The summed E-state index contributed by atoms with van der Waals surface area (Å²) in [6.45, 7) is 0. The van der Waals surface area contributed by atoms with Crippen LogP contribution >= 0.6 is 0 Å².